The molecule has 5 aromatic rings. The zero-order chi connectivity index (χ0) is 23.7. The number of anilines is 1. The molecular formula is C23H17N7O4. The summed E-state index contributed by atoms with van der Waals surface area (Å²) in [5.41, 5.74) is 3.59. The maximum Gasteiger partial charge on any atom is 0.307 e. The summed E-state index contributed by atoms with van der Waals surface area (Å²) in [5.74, 6) is 0.435. The van der Waals surface area contributed by atoms with E-state index in [1.54, 1.807) is 24.3 Å². The van der Waals surface area contributed by atoms with Gasteiger partial charge in [-0.05, 0) is 43.3 Å². The predicted octanol–water partition coefficient (Wildman–Crippen LogP) is 4.00. The number of fused-ring (bicyclic) bond motifs is 1. The highest BCUT2D eigenvalue weighted by molar-refractivity contribution is 5.93. The van der Waals surface area contributed by atoms with Crippen LogP contribution in [0.5, 0.6) is 0 Å². The first kappa shape index (κ1) is 20.9. The van der Waals surface area contributed by atoms with Crippen molar-refractivity contribution in [3.05, 3.63) is 82.8 Å². The summed E-state index contributed by atoms with van der Waals surface area (Å²) in [5, 5.41) is 22.3. The Morgan fingerprint density at radius 2 is 1.94 bits per heavy atom. The van der Waals surface area contributed by atoms with Crippen molar-refractivity contribution in [2.75, 3.05) is 5.32 Å². The van der Waals surface area contributed by atoms with E-state index in [0.29, 0.717) is 23.0 Å². The van der Waals surface area contributed by atoms with Gasteiger partial charge in [-0.15, -0.1) is 0 Å². The van der Waals surface area contributed by atoms with E-state index in [1.807, 2.05) is 37.3 Å². The molecule has 3 aromatic heterocycles. The monoisotopic (exact) mass is 455 g/mol. The van der Waals surface area contributed by atoms with Gasteiger partial charge in [0, 0.05) is 22.3 Å². The first-order chi connectivity index (χ1) is 16.5. The number of amides is 1. The second-order valence-electron chi connectivity index (χ2n) is 7.53. The second kappa shape index (κ2) is 8.54. The Morgan fingerprint density at radius 3 is 2.71 bits per heavy atom. The minimum Gasteiger partial charge on any atom is -0.334 e. The van der Waals surface area contributed by atoms with Crippen molar-refractivity contribution in [2.45, 2.75) is 13.5 Å². The van der Waals surface area contributed by atoms with Gasteiger partial charge in [0.1, 0.15) is 18.9 Å². The molecule has 1 N–H and O–H groups in total. The number of rotatable bonds is 6. The van der Waals surface area contributed by atoms with E-state index in [0.717, 1.165) is 28.4 Å². The molecule has 0 spiro atoms. The average Bonchev–Trinajstić information content (AvgIpc) is 3.49. The molecule has 0 radical (unpaired) electrons. The van der Waals surface area contributed by atoms with Gasteiger partial charge in [-0.2, -0.15) is 10.1 Å². The van der Waals surface area contributed by atoms with Crippen LogP contribution >= 0.6 is 0 Å². The molecule has 0 aliphatic heterocycles. The van der Waals surface area contributed by atoms with Crippen LogP contribution in [0.1, 0.15) is 5.69 Å². The minimum absolute atomic E-state index is 0.150. The average molecular weight is 455 g/mol. The molecule has 0 saturated heterocycles. The molecule has 0 fully saturated rings. The molecule has 34 heavy (non-hydrogen) atoms. The number of benzene rings is 2. The molecule has 0 saturated carbocycles. The predicted molar refractivity (Wildman–Crippen MR) is 123 cm³/mol. The maximum absolute atomic E-state index is 12.2. The van der Waals surface area contributed by atoms with Crippen LogP contribution in [0.2, 0.25) is 0 Å². The highest BCUT2D eigenvalue weighted by Gasteiger charge is 2.15. The molecule has 11 heteroatoms. The number of nitro groups is 1. The Morgan fingerprint density at radius 1 is 1.15 bits per heavy atom. The highest BCUT2D eigenvalue weighted by atomic mass is 16.6. The first-order valence-electron chi connectivity index (χ1n) is 10.2. The Bertz CT molecular complexity index is 1520. The molecule has 2 aromatic carbocycles. The highest BCUT2D eigenvalue weighted by Crippen LogP contribution is 2.29. The number of aryl methyl sites for hydroxylation is 1. The molecule has 3 heterocycles. The molecular weight excluding hydrogens is 438 g/mol. The smallest absolute Gasteiger partial charge is 0.307 e. The molecule has 5 rings (SSSR count). The van der Waals surface area contributed by atoms with E-state index in [1.165, 1.54) is 10.9 Å². The largest absolute Gasteiger partial charge is 0.334 e. The van der Waals surface area contributed by atoms with E-state index >= 15 is 0 Å². The fraction of sp³-hybridized carbons (Fsp3) is 0.0870. The van der Waals surface area contributed by atoms with Crippen molar-refractivity contribution < 1.29 is 14.2 Å². The summed E-state index contributed by atoms with van der Waals surface area (Å²) < 4.78 is 6.73. The molecule has 1 amide bonds. The van der Waals surface area contributed by atoms with Crippen LogP contribution in [0.3, 0.4) is 0 Å². The first-order valence-corrected chi connectivity index (χ1v) is 10.2. The van der Waals surface area contributed by atoms with Crippen LogP contribution in [-0.4, -0.2) is 35.7 Å². The number of carbonyl (C=O) groups excluding carboxylic acids is 1. The third-order valence-corrected chi connectivity index (χ3v) is 5.06. The van der Waals surface area contributed by atoms with E-state index in [2.05, 4.69) is 25.5 Å². The minimum atomic E-state index is -0.568. The molecule has 0 aliphatic rings. The van der Waals surface area contributed by atoms with Gasteiger partial charge in [0.05, 0.1) is 16.0 Å². The Labute approximate surface area is 192 Å². The summed E-state index contributed by atoms with van der Waals surface area (Å²) in [6.45, 7) is 1.76. The standard InChI is InChI=1S/C23H17N7O4/c1-14-10-19(18-4-2-3-5-20(18)25-14)23-27-22(28-34-23)15-6-8-16(9-7-15)26-21(31)13-29-12-17(11-24-29)30(32)33/h2-12H,13H2,1H3,(H,26,31). The number of nitrogens with zero attached hydrogens (tertiary/aromatic N) is 6. The van der Waals surface area contributed by atoms with Crippen molar-refractivity contribution >= 4 is 28.2 Å². The number of nitrogens with one attached hydrogen (secondary N) is 1. The van der Waals surface area contributed by atoms with Gasteiger partial charge in [-0.25, -0.2) is 0 Å². The summed E-state index contributed by atoms with van der Waals surface area (Å²) in [4.78, 5) is 31.5. The van der Waals surface area contributed by atoms with Crippen LogP contribution in [0.4, 0.5) is 11.4 Å². The van der Waals surface area contributed by atoms with Crippen LogP contribution in [0.15, 0.2) is 71.5 Å². The molecule has 0 bridgehead atoms. The third-order valence-electron chi connectivity index (χ3n) is 5.06. The lowest BCUT2D eigenvalue weighted by molar-refractivity contribution is -0.385. The van der Waals surface area contributed by atoms with Gasteiger partial charge in [0.25, 0.3) is 5.89 Å². The molecule has 11 nitrogen and oxygen atoms in total. The van der Waals surface area contributed by atoms with Crippen LogP contribution in [0.25, 0.3) is 33.7 Å². The Hall–Kier alpha value is -4.93. The van der Waals surface area contributed by atoms with Gasteiger partial charge >= 0.3 is 5.69 Å². The molecule has 0 unspecified atom stereocenters. The molecule has 168 valence electrons. The maximum atomic E-state index is 12.2. The summed E-state index contributed by atoms with van der Waals surface area (Å²) in [6.07, 6.45) is 2.29. The van der Waals surface area contributed by atoms with Crippen molar-refractivity contribution in [1.29, 1.82) is 0 Å². The quantitative estimate of drug-likeness (QED) is 0.299. The number of carbonyl (C=O) groups is 1. The number of para-hydroxylation sites is 1. The molecule has 0 aliphatic carbocycles. The van der Waals surface area contributed by atoms with Gasteiger partial charge < -0.3 is 9.84 Å². The number of hydrogen-bond donors (Lipinski definition) is 1. The SMILES string of the molecule is Cc1cc(-c2nc(-c3ccc(NC(=O)Cn4cc([N+](=O)[O-])cn4)cc3)no2)c2ccccc2n1. The summed E-state index contributed by atoms with van der Waals surface area (Å²) in [7, 11) is 0. The molecule has 0 atom stereocenters. The summed E-state index contributed by atoms with van der Waals surface area (Å²) in [6, 6.07) is 16.6. The van der Waals surface area contributed by atoms with E-state index < -0.39 is 4.92 Å². The second-order valence-corrected chi connectivity index (χ2v) is 7.53. The normalized spacial score (nSPS) is 11.0. The fourth-order valence-corrected chi connectivity index (χ4v) is 3.52. The Balaban J connectivity index is 1.31. The lowest BCUT2D eigenvalue weighted by Gasteiger charge is -2.05. The van der Waals surface area contributed by atoms with Crippen molar-refractivity contribution in [3.8, 4) is 22.8 Å². The van der Waals surface area contributed by atoms with Crippen LogP contribution in [-0.2, 0) is 11.3 Å². The fourth-order valence-electron chi connectivity index (χ4n) is 3.52. The summed E-state index contributed by atoms with van der Waals surface area (Å²) >= 11 is 0. The van der Waals surface area contributed by atoms with E-state index in [-0.39, 0.29) is 18.1 Å². The van der Waals surface area contributed by atoms with Crippen LogP contribution in [0, 0.1) is 17.0 Å². The zero-order valence-electron chi connectivity index (χ0n) is 17.9. The van der Waals surface area contributed by atoms with E-state index in [9.17, 15) is 14.9 Å². The zero-order valence-corrected chi connectivity index (χ0v) is 17.9. The lowest BCUT2D eigenvalue weighted by atomic mass is 10.1. The number of aromatic nitrogens is 5. The number of pyridine rings is 1. The van der Waals surface area contributed by atoms with Crippen molar-refractivity contribution in [3.63, 3.8) is 0 Å². The third kappa shape index (κ3) is 4.21. The van der Waals surface area contributed by atoms with Gasteiger partial charge in [-0.3, -0.25) is 24.6 Å². The van der Waals surface area contributed by atoms with Crippen molar-refractivity contribution in [1.82, 2.24) is 24.9 Å². The topological polar surface area (TPSA) is 142 Å². The van der Waals surface area contributed by atoms with Gasteiger partial charge in [-0.1, -0.05) is 23.4 Å². The van der Waals surface area contributed by atoms with Gasteiger partial charge in [0.15, 0.2) is 0 Å². The van der Waals surface area contributed by atoms with Crippen LogP contribution < -0.4 is 5.32 Å². The number of hydrogen-bond acceptors (Lipinski definition) is 8. The van der Waals surface area contributed by atoms with Crippen molar-refractivity contribution in [2.24, 2.45) is 0 Å². The van der Waals surface area contributed by atoms with Gasteiger partial charge in [0.2, 0.25) is 11.7 Å². The lowest BCUT2D eigenvalue weighted by Crippen LogP contribution is -2.18. The van der Waals surface area contributed by atoms with E-state index in [4.69, 9.17) is 4.52 Å². The Kier molecular flexibility index (Phi) is 5.26.